The molecule has 1 aliphatic rings. The number of nitrogens with zero attached hydrogens (tertiary/aromatic N) is 1. The van der Waals surface area contributed by atoms with Crippen LogP contribution in [0.25, 0.3) is 0 Å². The molecule has 0 heterocycles. The summed E-state index contributed by atoms with van der Waals surface area (Å²) in [6.45, 7) is 0. The van der Waals surface area contributed by atoms with Gasteiger partial charge in [0.1, 0.15) is 11.9 Å². The first-order chi connectivity index (χ1) is 9.49. The molecule has 1 unspecified atom stereocenters. The second-order valence-corrected chi connectivity index (χ2v) is 6.81. The zero-order chi connectivity index (χ0) is 14.8. The van der Waals surface area contributed by atoms with Crippen molar-refractivity contribution in [1.82, 2.24) is 4.90 Å². The van der Waals surface area contributed by atoms with Gasteiger partial charge in [-0.15, -0.1) is 0 Å². The van der Waals surface area contributed by atoms with E-state index in [0.29, 0.717) is 10.0 Å². The van der Waals surface area contributed by atoms with Crippen molar-refractivity contribution >= 4 is 15.9 Å². The maximum absolute atomic E-state index is 14.3. The number of likely N-dealkylation sites (N-methyl/N-ethyl adjacent to an activating group) is 1. The molecular weight excluding hydrogens is 321 g/mol. The molecule has 0 amide bonds. The van der Waals surface area contributed by atoms with Gasteiger partial charge in [0.2, 0.25) is 0 Å². The molecule has 1 aromatic carbocycles. The van der Waals surface area contributed by atoms with Crippen LogP contribution in [0.2, 0.25) is 0 Å². The van der Waals surface area contributed by atoms with E-state index < -0.39 is 6.10 Å². The number of halogens is 2. The summed E-state index contributed by atoms with van der Waals surface area (Å²) in [6, 6.07) is 5.15. The summed E-state index contributed by atoms with van der Waals surface area (Å²) >= 11 is 3.21. The fourth-order valence-electron chi connectivity index (χ4n) is 3.33. The van der Waals surface area contributed by atoms with Crippen LogP contribution in [-0.4, -0.2) is 29.6 Å². The molecule has 1 N–H and O–H groups in total. The molecule has 0 bridgehead atoms. The van der Waals surface area contributed by atoms with Gasteiger partial charge in [-0.05, 0) is 48.9 Å². The zero-order valence-corrected chi connectivity index (χ0v) is 13.8. The second-order valence-electron chi connectivity index (χ2n) is 5.96. The summed E-state index contributed by atoms with van der Waals surface area (Å²) in [7, 11) is 3.98. The Morgan fingerprint density at radius 3 is 2.35 bits per heavy atom. The van der Waals surface area contributed by atoms with Crippen LogP contribution in [0.5, 0.6) is 0 Å². The van der Waals surface area contributed by atoms with E-state index in [1.54, 1.807) is 18.2 Å². The minimum absolute atomic E-state index is 0.342. The zero-order valence-electron chi connectivity index (χ0n) is 12.2. The third kappa shape index (κ3) is 2.92. The topological polar surface area (TPSA) is 23.5 Å². The van der Waals surface area contributed by atoms with E-state index in [-0.39, 0.29) is 11.4 Å². The van der Waals surface area contributed by atoms with Gasteiger partial charge >= 0.3 is 0 Å². The van der Waals surface area contributed by atoms with Crippen LogP contribution in [0.1, 0.15) is 50.2 Å². The number of rotatable bonds is 3. The molecule has 1 aromatic rings. The fourth-order valence-corrected chi connectivity index (χ4v) is 3.71. The van der Waals surface area contributed by atoms with Gasteiger partial charge in [-0.2, -0.15) is 0 Å². The Morgan fingerprint density at radius 1 is 1.20 bits per heavy atom. The van der Waals surface area contributed by atoms with Crippen LogP contribution in [-0.2, 0) is 0 Å². The maximum atomic E-state index is 14.3. The monoisotopic (exact) mass is 343 g/mol. The molecule has 2 rings (SSSR count). The van der Waals surface area contributed by atoms with Crippen molar-refractivity contribution in [3.8, 4) is 0 Å². The molecule has 4 heteroatoms. The molecule has 0 aliphatic heterocycles. The van der Waals surface area contributed by atoms with Gasteiger partial charge in [0.05, 0.1) is 10.0 Å². The predicted octanol–water partition coefficient (Wildman–Crippen LogP) is 4.28. The quantitative estimate of drug-likeness (QED) is 0.828. The fraction of sp³-hybridized carbons (Fsp3) is 0.625. The SMILES string of the molecule is CN(C)C1(C(O)c2cccc(Br)c2F)CCCCCC1. The Hall–Kier alpha value is -0.450. The third-order valence-electron chi connectivity index (χ3n) is 4.65. The lowest BCUT2D eigenvalue weighted by atomic mass is 9.80. The summed E-state index contributed by atoms with van der Waals surface area (Å²) in [5, 5.41) is 10.9. The third-order valence-corrected chi connectivity index (χ3v) is 5.26. The Morgan fingerprint density at radius 2 is 1.80 bits per heavy atom. The number of hydrogen-bond acceptors (Lipinski definition) is 2. The second kappa shape index (κ2) is 6.54. The predicted molar refractivity (Wildman–Crippen MR) is 83.2 cm³/mol. The van der Waals surface area contributed by atoms with E-state index in [9.17, 15) is 9.50 Å². The normalized spacial score (nSPS) is 20.7. The van der Waals surface area contributed by atoms with Crippen molar-refractivity contribution in [3.63, 3.8) is 0 Å². The molecule has 2 nitrogen and oxygen atoms in total. The van der Waals surface area contributed by atoms with E-state index >= 15 is 0 Å². The summed E-state index contributed by atoms with van der Waals surface area (Å²) in [6.07, 6.45) is 5.59. The molecule has 1 saturated carbocycles. The van der Waals surface area contributed by atoms with Crippen molar-refractivity contribution in [2.75, 3.05) is 14.1 Å². The van der Waals surface area contributed by atoms with Gasteiger partial charge < -0.3 is 10.0 Å². The van der Waals surface area contributed by atoms with Crippen molar-refractivity contribution in [2.45, 2.75) is 50.2 Å². The summed E-state index contributed by atoms with van der Waals surface area (Å²) < 4.78 is 14.7. The van der Waals surface area contributed by atoms with Gasteiger partial charge in [0.25, 0.3) is 0 Å². The molecule has 1 fully saturated rings. The minimum atomic E-state index is -0.798. The number of hydrogen-bond donors (Lipinski definition) is 1. The molecule has 112 valence electrons. The summed E-state index contributed by atoms with van der Waals surface area (Å²) in [5.41, 5.74) is 0.0352. The highest BCUT2D eigenvalue weighted by molar-refractivity contribution is 9.10. The lowest BCUT2D eigenvalue weighted by Gasteiger charge is -2.43. The van der Waals surface area contributed by atoms with Gasteiger partial charge in [0.15, 0.2) is 0 Å². The first kappa shape index (κ1) is 15.9. The van der Waals surface area contributed by atoms with E-state index in [2.05, 4.69) is 20.8 Å². The highest BCUT2D eigenvalue weighted by atomic mass is 79.9. The maximum Gasteiger partial charge on any atom is 0.143 e. The molecule has 20 heavy (non-hydrogen) atoms. The molecule has 0 spiro atoms. The van der Waals surface area contributed by atoms with Crippen LogP contribution in [0, 0.1) is 5.82 Å². The van der Waals surface area contributed by atoms with Crippen LogP contribution < -0.4 is 0 Å². The van der Waals surface area contributed by atoms with E-state index in [1.165, 1.54) is 12.8 Å². The summed E-state index contributed by atoms with van der Waals surface area (Å²) in [4.78, 5) is 2.09. The van der Waals surface area contributed by atoms with Crippen molar-refractivity contribution < 1.29 is 9.50 Å². The largest absolute Gasteiger partial charge is 0.386 e. The van der Waals surface area contributed by atoms with Crippen LogP contribution >= 0.6 is 15.9 Å². The van der Waals surface area contributed by atoms with Gasteiger partial charge in [-0.1, -0.05) is 37.8 Å². The average molecular weight is 344 g/mol. The molecule has 0 radical (unpaired) electrons. The van der Waals surface area contributed by atoms with Crippen LogP contribution in [0.15, 0.2) is 22.7 Å². The van der Waals surface area contributed by atoms with E-state index in [0.717, 1.165) is 25.7 Å². The highest BCUT2D eigenvalue weighted by Crippen LogP contribution is 2.42. The Balaban J connectivity index is 2.40. The van der Waals surface area contributed by atoms with Crippen molar-refractivity contribution in [1.29, 1.82) is 0 Å². The molecule has 0 saturated heterocycles. The molecule has 1 atom stereocenters. The van der Waals surface area contributed by atoms with Crippen molar-refractivity contribution in [2.24, 2.45) is 0 Å². The Kier molecular flexibility index (Phi) is 5.21. The number of benzene rings is 1. The highest BCUT2D eigenvalue weighted by Gasteiger charge is 2.42. The van der Waals surface area contributed by atoms with E-state index in [1.807, 2.05) is 14.1 Å². The number of aliphatic hydroxyl groups excluding tert-OH is 1. The standard InChI is InChI=1S/C16H23BrFNO/c1-19(2)16(10-5-3-4-6-11-16)15(20)12-8-7-9-13(17)14(12)18/h7-9,15,20H,3-6,10-11H2,1-2H3. The van der Waals surface area contributed by atoms with Crippen LogP contribution in [0.4, 0.5) is 4.39 Å². The summed E-state index contributed by atoms with van der Waals surface area (Å²) in [5.74, 6) is -0.342. The molecule has 1 aliphatic carbocycles. The first-order valence-electron chi connectivity index (χ1n) is 7.28. The Labute approximate surface area is 129 Å². The smallest absolute Gasteiger partial charge is 0.143 e. The van der Waals surface area contributed by atoms with Gasteiger partial charge in [-0.3, -0.25) is 0 Å². The molecule has 0 aromatic heterocycles. The lowest BCUT2D eigenvalue weighted by molar-refractivity contribution is -0.0217. The van der Waals surface area contributed by atoms with Gasteiger partial charge in [0, 0.05) is 5.56 Å². The van der Waals surface area contributed by atoms with Gasteiger partial charge in [-0.25, -0.2) is 4.39 Å². The number of aliphatic hydroxyl groups is 1. The lowest BCUT2D eigenvalue weighted by Crippen LogP contribution is -2.49. The van der Waals surface area contributed by atoms with Crippen LogP contribution in [0.3, 0.4) is 0 Å². The first-order valence-corrected chi connectivity index (χ1v) is 8.08. The van der Waals surface area contributed by atoms with E-state index in [4.69, 9.17) is 0 Å². The minimum Gasteiger partial charge on any atom is -0.386 e. The van der Waals surface area contributed by atoms with Crippen molar-refractivity contribution in [3.05, 3.63) is 34.1 Å². The molecular formula is C16H23BrFNO. The Bertz CT molecular complexity index is 456. The average Bonchev–Trinajstić information content (AvgIpc) is 2.68.